The lowest BCUT2D eigenvalue weighted by Gasteiger charge is -2.15. The number of aromatic nitrogens is 2. The predicted octanol–water partition coefficient (Wildman–Crippen LogP) is 2.68. The van der Waals surface area contributed by atoms with Gasteiger partial charge in [-0.25, -0.2) is 0 Å². The van der Waals surface area contributed by atoms with Crippen LogP contribution in [0.1, 0.15) is 34.1 Å². The van der Waals surface area contributed by atoms with Crippen molar-refractivity contribution in [2.45, 2.75) is 33.3 Å². The molecule has 0 aliphatic carbocycles. The van der Waals surface area contributed by atoms with Gasteiger partial charge in [0, 0.05) is 18.8 Å². The summed E-state index contributed by atoms with van der Waals surface area (Å²) in [7, 11) is 0. The normalized spacial score (nSPS) is 12.4. The van der Waals surface area contributed by atoms with Crippen LogP contribution in [0.25, 0.3) is 0 Å². The van der Waals surface area contributed by atoms with Crippen LogP contribution in [0.2, 0.25) is 0 Å². The number of hydrogen-bond acceptors (Lipinski definition) is 3. The lowest BCUT2D eigenvalue weighted by molar-refractivity contribution is 0.172. The Morgan fingerprint density at radius 3 is 2.33 bits per heavy atom. The van der Waals surface area contributed by atoms with E-state index in [2.05, 4.69) is 42.9 Å². The maximum atomic E-state index is 10.2. The summed E-state index contributed by atoms with van der Waals surface area (Å²) in [4.78, 5) is 8.12. The molecular formula is C15H18N2O. The first-order valence-electron chi connectivity index (χ1n) is 6.08. The minimum Gasteiger partial charge on any atom is -0.386 e. The Labute approximate surface area is 108 Å². The van der Waals surface area contributed by atoms with Crippen LogP contribution in [-0.4, -0.2) is 15.1 Å². The zero-order valence-electron chi connectivity index (χ0n) is 11.0. The first kappa shape index (κ1) is 12.7. The third kappa shape index (κ3) is 2.74. The van der Waals surface area contributed by atoms with Crippen LogP contribution in [0, 0.1) is 20.8 Å². The summed E-state index contributed by atoms with van der Waals surface area (Å²) in [5.41, 5.74) is 5.50. The summed E-state index contributed by atoms with van der Waals surface area (Å²) in [6.45, 7) is 6.25. The van der Waals surface area contributed by atoms with E-state index in [0.717, 1.165) is 0 Å². The molecule has 0 amide bonds. The van der Waals surface area contributed by atoms with Gasteiger partial charge in [-0.2, -0.15) is 0 Å². The van der Waals surface area contributed by atoms with E-state index < -0.39 is 6.10 Å². The maximum absolute atomic E-state index is 10.2. The summed E-state index contributed by atoms with van der Waals surface area (Å²) in [5, 5.41) is 10.2. The van der Waals surface area contributed by atoms with Crippen LogP contribution in [0.5, 0.6) is 0 Å². The highest BCUT2D eigenvalue weighted by Gasteiger charge is 2.13. The van der Waals surface area contributed by atoms with E-state index in [-0.39, 0.29) is 0 Å². The number of hydrogen-bond donors (Lipinski definition) is 1. The SMILES string of the molecule is Cc1cc(C)c(CC(O)c2cnccn2)c(C)c1. The molecule has 0 aliphatic heterocycles. The first-order chi connectivity index (χ1) is 8.58. The van der Waals surface area contributed by atoms with Gasteiger partial charge in [0.15, 0.2) is 0 Å². The molecule has 3 nitrogen and oxygen atoms in total. The van der Waals surface area contributed by atoms with Crippen LogP contribution in [0.15, 0.2) is 30.7 Å². The van der Waals surface area contributed by atoms with Crippen LogP contribution in [0.4, 0.5) is 0 Å². The molecule has 2 aromatic rings. The van der Waals surface area contributed by atoms with E-state index in [1.54, 1.807) is 18.6 Å². The highest BCUT2D eigenvalue weighted by atomic mass is 16.3. The molecule has 0 bridgehead atoms. The van der Waals surface area contributed by atoms with Crippen molar-refractivity contribution in [2.75, 3.05) is 0 Å². The van der Waals surface area contributed by atoms with Crippen molar-refractivity contribution in [2.24, 2.45) is 0 Å². The second-order valence-electron chi connectivity index (χ2n) is 4.73. The van der Waals surface area contributed by atoms with Crippen molar-refractivity contribution in [1.29, 1.82) is 0 Å². The third-order valence-corrected chi connectivity index (χ3v) is 3.16. The molecule has 0 aliphatic rings. The fourth-order valence-electron chi connectivity index (χ4n) is 2.31. The lowest BCUT2D eigenvalue weighted by atomic mass is 9.94. The molecule has 2 rings (SSSR count). The molecule has 1 N–H and O–H groups in total. The van der Waals surface area contributed by atoms with Crippen molar-refractivity contribution in [3.8, 4) is 0 Å². The zero-order chi connectivity index (χ0) is 13.1. The van der Waals surface area contributed by atoms with Gasteiger partial charge in [-0.05, 0) is 37.5 Å². The Hall–Kier alpha value is -1.74. The predicted molar refractivity (Wildman–Crippen MR) is 71.3 cm³/mol. The summed E-state index contributed by atoms with van der Waals surface area (Å²) in [5.74, 6) is 0. The van der Waals surface area contributed by atoms with Gasteiger partial charge < -0.3 is 5.11 Å². The number of aryl methyl sites for hydroxylation is 3. The quantitative estimate of drug-likeness (QED) is 0.900. The highest BCUT2D eigenvalue weighted by molar-refractivity contribution is 5.38. The van der Waals surface area contributed by atoms with Crippen molar-refractivity contribution in [3.05, 3.63) is 58.7 Å². The Balaban J connectivity index is 2.25. The Morgan fingerprint density at radius 2 is 1.78 bits per heavy atom. The molecule has 1 aromatic heterocycles. The van der Waals surface area contributed by atoms with Crippen LogP contribution in [-0.2, 0) is 6.42 Å². The number of aliphatic hydroxyl groups is 1. The molecule has 18 heavy (non-hydrogen) atoms. The molecule has 0 spiro atoms. The van der Waals surface area contributed by atoms with Gasteiger partial charge in [0.05, 0.1) is 11.9 Å². The minimum atomic E-state index is -0.598. The number of nitrogens with zero attached hydrogens (tertiary/aromatic N) is 2. The van der Waals surface area contributed by atoms with E-state index >= 15 is 0 Å². The maximum Gasteiger partial charge on any atom is 0.102 e. The molecular weight excluding hydrogens is 224 g/mol. The van der Waals surface area contributed by atoms with Gasteiger partial charge >= 0.3 is 0 Å². The number of aliphatic hydroxyl groups excluding tert-OH is 1. The van der Waals surface area contributed by atoms with Crippen molar-refractivity contribution in [3.63, 3.8) is 0 Å². The number of rotatable bonds is 3. The first-order valence-corrected chi connectivity index (χ1v) is 6.08. The van der Waals surface area contributed by atoms with Crippen LogP contribution in [0.3, 0.4) is 0 Å². The largest absolute Gasteiger partial charge is 0.386 e. The van der Waals surface area contributed by atoms with Gasteiger partial charge in [0.1, 0.15) is 6.10 Å². The minimum absolute atomic E-state index is 0.580. The standard InChI is InChI=1S/C15H18N2O/c1-10-6-11(2)13(12(3)7-10)8-15(18)14-9-16-4-5-17-14/h4-7,9,15,18H,8H2,1-3H3. The smallest absolute Gasteiger partial charge is 0.102 e. The van der Waals surface area contributed by atoms with Gasteiger partial charge in [0.2, 0.25) is 0 Å². The monoisotopic (exact) mass is 242 g/mol. The Kier molecular flexibility index (Phi) is 3.72. The Bertz CT molecular complexity index is 514. The zero-order valence-corrected chi connectivity index (χ0v) is 11.0. The molecule has 94 valence electrons. The van der Waals surface area contributed by atoms with Gasteiger partial charge in [-0.15, -0.1) is 0 Å². The summed E-state index contributed by atoms with van der Waals surface area (Å²) in [6.07, 6.45) is 4.81. The van der Waals surface area contributed by atoms with Crippen LogP contribution < -0.4 is 0 Å². The summed E-state index contributed by atoms with van der Waals surface area (Å²) >= 11 is 0. The molecule has 1 aromatic carbocycles. The summed E-state index contributed by atoms with van der Waals surface area (Å²) < 4.78 is 0. The highest BCUT2D eigenvalue weighted by Crippen LogP contribution is 2.22. The van der Waals surface area contributed by atoms with E-state index in [0.29, 0.717) is 12.1 Å². The van der Waals surface area contributed by atoms with E-state index in [4.69, 9.17) is 0 Å². The molecule has 0 fully saturated rings. The average molecular weight is 242 g/mol. The lowest BCUT2D eigenvalue weighted by Crippen LogP contribution is -2.07. The molecule has 0 saturated heterocycles. The van der Waals surface area contributed by atoms with Gasteiger partial charge in [0.25, 0.3) is 0 Å². The van der Waals surface area contributed by atoms with Crippen LogP contribution >= 0.6 is 0 Å². The van der Waals surface area contributed by atoms with Gasteiger partial charge in [-0.3, -0.25) is 9.97 Å². The fourth-order valence-corrected chi connectivity index (χ4v) is 2.31. The molecule has 1 unspecified atom stereocenters. The Morgan fingerprint density at radius 1 is 1.11 bits per heavy atom. The van der Waals surface area contributed by atoms with Gasteiger partial charge in [-0.1, -0.05) is 17.7 Å². The molecule has 0 saturated carbocycles. The average Bonchev–Trinajstić information content (AvgIpc) is 2.34. The molecule has 1 heterocycles. The fraction of sp³-hybridized carbons (Fsp3) is 0.333. The second-order valence-corrected chi connectivity index (χ2v) is 4.73. The van der Waals surface area contributed by atoms with Crippen molar-refractivity contribution >= 4 is 0 Å². The topological polar surface area (TPSA) is 46.0 Å². The van der Waals surface area contributed by atoms with Crippen molar-refractivity contribution in [1.82, 2.24) is 9.97 Å². The number of benzene rings is 1. The second kappa shape index (κ2) is 5.27. The molecule has 0 radical (unpaired) electrons. The van der Waals surface area contributed by atoms with E-state index in [1.165, 1.54) is 22.3 Å². The molecule has 3 heteroatoms. The third-order valence-electron chi connectivity index (χ3n) is 3.16. The summed E-state index contributed by atoms with van der Waals surface area (Å²) in [6, 6.07) is 4.29. The van der Waals surface area contributed by atoms with E-state index in [9.17, 15) is 5.11 Å². The van der Waals surface area contributed by atoms with Crippen molar-refractivity contribution < 1.29 is 5.11 Å². The van der Waals surface area contributed by atoms with E-state index in [1.807, 2.05) is 0 Å². The molecule has 1 atom stereocenters.